The Morgan fingerprint density at radius 3 is 2.83 bits per heavy atom. The number of hydrogen-bond donors (Lipinski definition) is 2. The molecular formula is C15H20N2O. The van der Waals surface area contributed by atoms with Crippen LogP contribution in [0, 0.1) is 5.92 Å². The van der Waals surface area contributed by atoms with E-state index in [0.717, 1.165) is 32.4 Å². The van der Waals surface area contributed by atoms with Crippen molar-refractivity contribution in [2.45, 2.75) is 31.2 Å². The number of carbonyl (C=O) groups is 1. The van der Waals surface area contributed by atoms with Gasteiger partial charge in [-0.15, -0.1) is 0 Å². The Kier molecular flexibility index (Phi) is 3.33. The molecule has 2 fully saturated rings. The van der Waals surface area contributed by atoms with Crippen molar-refractivity contribution in [3.63, 3.8) is 0 Å². The summed E-state index contributed by atoms with van der Waals surface area (Å²) in [6.45, 7) is 2.01. The zero-order chi connectivity index (χ0) is 12.4. The number of carbonyl (C=O) groups excluding carboxylic acids is 1. The van der Waals surface area contributed by atoms with Crippen molar-refractivity contribution in [1.82, 2.24) is 10.6 Å². The first-order valence-electron chi connectivity index (χ1n) is 6.90. The summed E-state index contributed by atoms with van der Waals surface area (Å²) in [5.41, 5.74) is 1.31. The smallest absolute Gasteiger partial charge is 0.224 e. The van der Waals surface area contributed by atoms with Crippen molar-refractivity contribution in [2.24, 2.45) is 5.92 Å². The van der Waals surface area contributed by atoms with Gasteiger partial charge in [-0.3, -0.25) is 4.79 Å². The predicted octanol–water partition coefficient (Wildman–Crippen LogP) is 1.66. The van der Waals surface area contributed by atoms with Crippen LogP contribution in [0.4, 0.5) is 0 Å². The summed E-state index contributed by atoms with van der Waals surface area (Å²) in [5.74, 6) is 0.898. The van der Waals surface area contributed by atoms with E-state index in [1.807, 2.05) is 18.2 Å². The standard InChI is InChI=1S/C15H20N2O/c18-15(17-12-7-4-8-16-10-12)14-9-13(14)11-5-2-1-3-6-11/h1-3,5-6,12-14,16H,4,7-10H2,(H,17,18)/t12-,13?,14?/m0/s1. The number of hydrogen-bond acceptors (Lipinski definition) is 2. The van der Waals surface area contributed by atoms with Crippen molar-refractivity contribution in [3.05, 3.63) is 35.9 Å². The minimum absolute atomic E-state index is 0.203. The third kappa shape index (κ3) is 2.56. The minimum Gasteiger partial charge on any atom is -0.352 e. The number of benzene rings is 1. The number of amides is 1. The first kappa shape index (κ1) is 11.7. The van der Waals surface area contributed by atoms with Gasteiger partial charge in [0.1, 0.15) is 0 Å². The van der Waals surface area contributed by atoms with E-state index in [4.69, 9.17) is 0 Å². The molecule has 1 aliphatic carbocycles. The van der Waals surface area contributed by atoms with E-state index in [2.05, 4.69) is 22.8 Å². The van der Waals surface area contributed by atoms with E-state index in [0.29, 0.717) is 12.0 Å². The molecule has 2 aliphatic rings. The van der Waals surface area contributed by atoms with Crippen LogP contribution in [0.1, 0.15) is 30.7 Å². The molecule has 0 radical (unpaired) electrons. The zero-order valence-electron chi connectivity index (χ0n) is 10.6. The van der Waals surface area contributed by atoms with Gasteiger partial charge in [-0.05, 0) is 37.3 Å². The zero-order valence-corrected chi connectivity index (χ0v) is 10.6. The van der Waals surface area contributed by atoms with E-state index in [1.54, 1.807) is 0 Å². The molecule has 96 valence electrons. The Hall–Kier alpha value is -1.35. The van der Waals surface area contributed by atoms with Crippen molar-refractivity contribution in [1.29, 1.82) is 0 Å². The maximum atomic E-state index is 12.1. The highest BCUT2D eigenvalue weighted by Crippen LogP contribution is 2.47. The maximum absolute atomic E-state index is 12.1. The van der Waals surface area contributed by atoms with Crippen LogP contribution in [0.5, 0.6) is 0 Å². The largest absolute Gasteiger partial charge is 0.352 e. The van der Waals surface area contributed by atoms with Crippen molar-refractivity contribution < 1.29 is 4.79 Å². The van der Waals surface area contributed by atoms with E-state index in [1.165, 1.54) is 5.56 Å². The second kappa shape index (κ2) is 5.11. The first-order chi connectivity index (χ1) is 8.84. The molecule has 2 N–H and O–H groups in total. The van der Waals surface area contributed by atoms with Crippen molar-refractivity contribution >= 4 is 5.91 Å². The Balaban J connectivity index is 1.53. The summed E-state index contributed by atoms with van der Waals surface area (Å²) in [5, 5.41) is 6.51. The Morgan fingerprint density at radius 2 is 2.11 bits per heavy atom. The second-order valence-electron chi connectivity index (χ2n) is 5.41. The molecule has 0 bridgehead atoms. The quantitative estimate of drug-likeness (QED) is 0.849. The lowest BCUT2D eigenvalue weighted by atomic mass is 10.1. The highest BCUT2D eigenvalue weighted by atomic mass is 16.2. The summed E-state index contributed by atoms with van der Waals surface area (Å²) in [6, 6.07) is 10.7. The molecule has 3 heteroatoms. The highest BCUT2D eigenvalue weighted by molar-refractivity contribution is 5.83. The minimum atomic E-state index is 0.203. The highest BCUT2D eigenvalue weighted by Gasteiger charge is 2.44. The fourth-order valence-corrected chi connectivity index (χ4v) is 2.84. The summed E-state index contributed by atoms with van der Waals surface area (Å²) < 4.78 is 0. The molecule has 1 heterocycles. The van der Waals surface area contributed by atoms with Crippen LogP contribution in [0.2, 0.25) is 0 Å². The van der Waals surface area contributed by atoms with Crippen LogP contribution in [-0.2, 0) is 4.79 Å². The monoisotopic (exact) mass is 244 g/mol. The average molecular weight is 244 g/mol. The van der Waals surface area contributed by atoms with Gasteiger partial charge in [-0.1, -0.05) is 30.3 Å². The van der Waals surface area contributed by atoms with Gasteiger partial charge < -0.3 is 10.6 Å². The van der Waals surface area contributed by atoms with Crippen molar-refractivity contribution in [2.75, 3.05) is 13.1 Å². The molecule has 1 saturated carbocycles. The van der Waals surface area contributed by atoms with Gasteiger partial charge in [-0.25, -0.2) is 0 Å². The van der Waals surface area contributed by atoms with E-state index < -0.39 is 0 Å². The first-order valence-corrected chi connectivity index (χ1v) is 6.90. The molecule has 1 aliphatic heterocycles. The SMILES string of the molecule is O=C(N[C@H]1CCCNC1)C1CC1c1ccccc1. The molecule has 0 spiro atoms. The Morgan fingerprint density at radius 1 is 1.28 bits per heavy atom. The number of rotatable bonds is 3. The summed E-state index contributed by atoms with van der Waals surface area (Å²) in [4.78, 5) is 12.1. The summed E-state index contributed by atoms with van der Waals surface area (Å²) >= 11 is 0. The van der Waals surface area contributed by atoms with Gasteiger partial charge in [0.2, 0.25) is 5.91 Å². The van der Waals surface area contributed by atoms with Gasteiger partial charge in [0, 0.05) is 18.5 Å². The average Bonchev–Trinajstić information content (AvgIpc) is 3.21. The van der Waals surface area contributed by atoms with Crippen LogP contribution < -0.4 is 10.6 Å². The molecule has 2 unspecified atom stereocenters. The predicted molar refractivity (Wildman–Crippen MR) is 71.3 cm³/mol. The molecule has 1 aromatic rings. The molecule has 3 atom stereocenters. The molecule has 1 aromatic carbocycles. The van der Waals surface area contributed by atoms with Gasteiger partial charge in [-0.2, -0.15) is 0 Å². The number of piperidine rings is 1. The van der Waals surface area contributed by atoms with Crippen LogP contribution in [0.15, 0.2) is 30.3 Å². The second-order valence-corrected chi connectivity index (χ2v) is 5.41. The fraction of sp³-hybridized carbons (Fsp3) is 0.533. The Bertz CT molecular complexity index is 412. The molecular weight excluding hydrogens is 224 g/mol. The third-order valence-electron chi connectivity index (χ3n) is 4.00. The summed E-state index contributed by atoms with van der Waals surface area (Å²) in [7, 11) is 0. The summed E-state index contributed by atoms with van der Waals surface area (Å²) in [6.07, 6.45) is 3.29. The Labute approximate surface area is 108 Å². The fourth-order valence-electron chi connectivity index (χ4n) is 2.84. The van der Waals surface area contributed by atoms with Crippen LogP contribution in [0.3, 0.4) is 0 Å². The van der Waals surface area contributed by atoms with E-state index in [-0.39, 0.29) is 11.8 Å². The lowest BCUT2D eigenvalue weighted by molar-refractivity contribution is -0.123. The van der Waals surface area contributed by atoms with Crippen LogP contribution in [0.25, 0.3) is 0 Å². The number of nitrogens with one attached hydrogen (secondary N) is 2. The van der Waals surface area contributed by atoms with Crippen molar-refractivity contribution in [3.8, 4) is 0 Å². The van der Waals surface area contributed by atoms with E-state index >= 15 is 0 Å². The van der Waals surface area contributed by atoms with Gasteiger partial charge in [0.15, 0.2) is 0 Å². The molecule has 18 heavy (non-hydrogen) atoms. The van der Waals surface area contributed by atoms with Gasteiger partial charge >= 0.3 is 0 Å². The molecule has 1 saturated heterocycles. The topological polar surface area (TPSA) is 41.1 Å². The molecule has 3 rings (SSSR count). The molecule has 3 nitrogen and oxygen atoms in total. The van der Waals surface area contributed by atoms with E-state index in [9.17, 15) is 4.79 Å². The van der Waals surface area contributed by atoms with Crippen LogP contribution in [-0.4, -0.2) is 25.0 Å². The third-order valence-corrected chi connectivity index (χ3v) is 4.00. The maximum Gasteiger partial charge on any atom is 0.224 e. The molecule has 0 aromatic heterocycles. The van der Waals surface area contributed by atoms with Gasteiger partial charge in [0.25, 0.3) is 0 Å². The normalized spacial score (nSPS) is 30.8. The molecule has 1 amide bonds. The van der Waals surface area contributed by atoms with Gasteiger partial charge in [0.05, 0.1) is 0 Å². The lowest BCUT2D eigenvalue weighted by Crippen LogP contribution is -2.46. The van der Waals surface area contributed by atoms with Crippen LogP contribution >= 0.6 is 0 Å². The lowest BCUT2D eigenvalue weighted by Gasteiger charge is -2.23.